The fourth-order valence-electron chi connectivity index (χ4n) is 1.36. The minimum absolute atomic E-state index is 0.234. The summed E-state index contributed by atoms with van der Waals surface area (Å²) in [4.78, 5) is 10.2. The van der Waals surface area contributed by atoms with Gasteiger partial charge in [-0.2, -0.15) is 0 Å². The van der Waals surface area contributed by atoms with E-state index in [2.05, 4.69) is 10.6 Å². The molecule has 0 bridgehead atoms. The molecule has 5 heteroatoms. The highest BCUT2D eigenvalue weighted by Crippen LogP contribution is 2.02. The fourth-order valence-corrected chi connectivity index (χ4v) is 1.36. The van der Waals surface area contributed by atoms with Crippen LogP contribution in [0.3, 0.4) is 0 Å². The van der Waals surface area contributed by atoms with Crippen LogP contribution in [0.15, 0.2) is 24.3 Å². The number of carboxylic acid groups (broad SMARTS) is 1. The van der Waals surface area contributed by atoms with Crippen molar-refractivity contribution in [2.75, 3.05) is 6.54 Å². The van der Waals surface area contributed by atoms with E-state index in [9.17, 15) is 9.90 Å². The monoisotopic (exact) mass is 238 g/mol. The number of aliphatic hydroxyl groups is 1. The van der Waals surface area contributed by atoms with Gasteiger partial charge in [-0.1, -0.05) is 29.8 Å². The van der Waals surface area contributed by atoms with E-state index >= 15 is 0 Å². The summed E-state index contributed by atoms with van der Waals surface area (Å²) in [5.41, 5.74) is 2.28. The molecular formula is C12H18N2O3. The summed E-state index contributed by atoms with van der Waals surface area (Å²) >= 11 is 0. The third-order valence-electron chi connectivity index (χ3n) is 2.36. The molecule has 1 aromatic carbocycles. The van der Waals surface area contributed by atoms with E-state index in [-0.39, 0.29) is 6.54 Å². The van der Waals surface area contributed by atoms with Crippen molar-refractivity contribution in [2.45, 2.75) is 26.1 Å². The number of aryl methyl sites for hydroxylation is 1. The van der Waals surface area contributed by atoms with Crippen LogP contribution in [0.2, 0.25) is 0 Å². The lowest BCUT2D eigenvalue weighted by atomic mass is 10.1. The van der Waals surface area contributed by atoms with Crippen LogP contribution in [0.4, 0.5) is 4.79 Å². The molecule has 0 aromatic heterocycles. The number of hydrogen-bond donors (Lipinski definition) is 4. The number of amides is 1. The maximum atomic E-state index is 10.2. The zero-order chi connectivity index (χ0) is 12.7. The second kappa shape index (κ2) is 6.88. The van der Waals surface area contributed by atoms with Gasteiger partial charge in [0.05, 0.1) is 0 Å². The molecule has 0 radical (unpaired) electrons. The van der Waals surface area contributed by atoms with Crippen LogP contribution >= 0.6 is 0 Å². The summed E-state index contributed by atoms with van der Waals surface area (Å²) < 4.78 is 0. The summed E-state index contributed by atoms with van der Waals surface area (Å²) in [5.74, 6) is 0. The molecule has 0 heterocycles. The zero-order valence-electron chi connectivity index (χ0n) is 9.81. The number of carbonyl (C=O) groups is 1. The molecule has 0 saturated carbocycles. The lowest BCUT2D eigenvalue weighted by molar-refractivity contribution is 0.124. The van der Waals surface area contributed by atoms with Crippen molar-refractivity contribution < 1.29 is 15.0 Å². The normalized spacial score (nSPS) is 12.1. The van der Waals surface area contributed by atoms with Crippen molar-refractivity contribution in [2.24, 2.45) is 0 Å². The maximum absolute atomic E-state index is 10.2. The molecule has 94 valence electrons. The van der Waals surface area contributed by atoms with Crippen LogP contribution in [-0.2, 0) is 6.54 Å². The Balaban J connectivity index is 2.21. The van der Waals surface area contributed by atoms with Crippen molar-refractivity contribution in [1.29, 1.82) is 0 Å². The van der Waals surface area contributed by atoms with Crippen LogP contribution in [-0.4, -0.2) is 29.1 Å². The molecule has 5 nitrogen and oxygen atoms in total. The number of hydrogen-bond acceptors (Lipinski definition) is 3. The summed E-state index contributed by atoms with van der Waals surface area (Å²) in [7, 11) is 0. The molecule has 1 aromatic rings. The molecule has 0 fully saturated rings. The second-order valence-corrected chi connectivity index (χ2v) is 3.90. The van der Waals surface area contributed by atoms with Crippen LogP contribution in [0.1, 0.15) is 17.5 Å². The van der Waals surface area contributed by atoms with Gasteiger partial charge in [0.25, 0.3) is 0 Å². The molecular weight excluding hydrogens is 220 g/mol. The summed E-state index contributed by atoms with van der Waals surface area (Å²) in [6.45, 7) is 2.82. The maximum Gasteiger partial charge on any atom is 0.404 e. The summed E-state index contributed by atoms with van der Waals surface area (Å²) in [5, 5.41) is 23.0. The standard InChI is InChI=1S/C12H18N2O3/c1-9-2-4-10(5-3-9)8-14-11(15)6-7-13-12(16)17/h2-5,11,13-15H,6-8H2,1H3,(H,16,17). The third kappa shape index (κ3) is 5.89. The minimum Gasteiger partial charge on any atom is -0.465 e. The number of rotatable bonds is 6. The largest absolute Gasteiger partial charge is 0.465 e. The van der Waals surface area contributed by atoms with Gasteiger partial charge in [0.2, 0.25) is 0 Å². The molecule has 1 unspecified atom stereocenters. The first kappa shape index (κ1) is 13.5. The Labute approximate surface area is 100 Å². The van der Waals surface area contributed by atoms with Gasteiger partial charge in [-0.25, -0.2) is 4.79 Å². The van der Waals surface area contributed by atoms with E-state index < -0.39 is 12.3 Å². The van der Waals surface area contributed by atoms with Gasteiger partial charge < -0.3 is 15.5 Å². The SMILES string of the molecule is Cc1ccc(CNC(O)CCNC(=O)O)cc1. The average molecular weight is 238 g/mol. The highest BCUT2D eigenvalue weighted by molar-refractivity contribution is 5.64. The average Bonchev–Trinajstić information content (AvgIpc) is 2.28. The third-order valence-corrected chi connectivity index (χ3v) is 2.36. The van der Waals surface area contributed by atoms with E-state index in [1.807, 2.05) is 31.2 Å². The Kier molecular flexibility index (Phi) is 5.45. The Morgan fingerprint density at radius 3 is 2.59 bits per heavy atom. The van der Waals surface area contributed by atoms with E-state index in [4.69, 9.17) is 5.11 Å². The molecule has 1 atom stereocenters. The fraction of sp³-hybridized carbons (Fsp3) is 0.417. The van der Waals surface area contributed by atoms with Gasteiger partial charge in [-0.05, 0) is 12.5 Å². The molecule has 0 aliphatic carbocycles. The van der Waals surface area contributed by atoms with Crippen molar-refractivity contribution in [1.82, 2.24) is 10.6 Å². The highest BCUT2D eigenvalue weighted by atomic mass is 16.4. The molecule has 0 aliphatic rings. The molecule has 0 saturated heterocycles. The Morgan fingerprint density at radius 2 is 2.00 bits per heavy atom. The molecule has 0 spiro atoms. The molecule has 4 N–H and O–H groups in total. The molecule has 0 aliphatic heterocycles. The zero-order valence-corrected chi connectivity index (χ0v) is 9.81. The van der Waals surface area contributed by atoms with Crippen LogP contribution < -0.4 is 10.6 Å². The van der Waals surface area contributed by atoms with Gasteiger partial charge in [0, 0.05) is 19.5 Å². The quantitative estimate of drug-likeness (QED) is 0.559. The van der Waals surface area contributed by atoms with Gasteiger partial charge in [0.15, 0.2) is 0 Å². The first-order chi connectivity index (χ1) is 8.08. The van der Waals surface area contributed by atoms with Crippen LogP contribution in [0, 0.1) is 6.92 Å². The van der Waals surface area contributed by atoms with Gasteiger partial charge in [-0.3, -0.25) is 5.32 Å². The van der Waals surface area contributed by atoms with Gasteiger partial charge >= 0.3 is 6.09 Å². The Morgan fingerprint density at radius 1 is 1.35 bits per heavy atom. The molecule has 1 rings (SSSR count). The van der Waals surface area contributed by atoms with Crippen LogP contribution in [0.25, 0.3) is 0 Å². The predicted octanol–water partition coefficient (Wildman–Crippen LogP) is 1.06. The summed E-state index contributed by atoms with van der Waals surface area (Å²) in [6, 6.07) is 8.00. The Bertz CT molecular complexity index is 351. The van der Waals surface area contributed by atoms with E-state index in [1.54, 1.807) is 0 Å². The highest BCUT2D eigenvalue weighted by Gasteiger charge is 2.03. The van der Waals surface area contributed by atoms with Crippen LogP contribution in [0.5, 0.6) is 0 Å². The van der Waals surface area contributed by atoms with Crippen molar-refractivity contribution >= 4 is 6.09 Å². The van der Waals surface area contributed by atoms with Crippen molar-refractivity contribution in [3.05, 3.63) is 35.4 Å². The lowest BCUT2D eigenvalue weighted by Crippen LogP contribution is -2.33. The lowest BCUT2D eigenvalue weighted by Gasteiger charge is -2.12. The Hall–Kier alpha value is -1.59. The number of benzene rings is 1. The first-order valence-electron chi connectivity index (χ1n) is 5.51. The van der Waals surface area contributed by atoms with Gasteiger partial charge in [0.1, 0.15) is 6.23 Å². The predicted molar refractivity (Wildman–Crippen MR) is 64.7 cm³/mol. The topological polar surface area (TPSA) is 81.6 Å². The molecule has 17 heavy (non-hydrogen) atoms. The first-order valence-corrected chi connectivity index (χ1v) is 5.51. The van der Waals surface area contributed by atoms with E-state index in [0.717, 1.165) is 5.56 Å². The number of nitrogens with one attached hydrogen (secondary N) is 2. The van der Waals surface area contributed by atoms with E-state index in [0.29, 0.717) is 13.0 Å². The summed E-state index contributed by atoms with van der Waals surface area (Å²) in [6.07, 6.45) is -1.43. The second-order valence-electron chi connectivity index (χ2n) is 3.90. The van der Waals surface area contributed by atoms with Gasteiger partial charge in [-0.15, -0.1) is 0 Å². The minimum atomic E-state index is -1.07. The van der Waals surface area contributed by atoms with Crippen molar-refractivity contribution in [3.8, 4) is 0 Å². The number of aliphatic hydroxyl groups excluding tert-OH is 1. The van der Waals surface area contributed by atoms with Crippen molar-refractivity contribution in [3.63, 3.8) is 0 Å². The smallest absolute Gasteiger partial charge is 0.404 e. The molecule has 1 amide bonds. The van der Waals surface area contributed by atoms with E-state index in [1.165, 1.54) is 5.56 Å².